The maximum absolute atomic E-state index is 12.5. The highest BCUT2D eigenvalue weighted by molar-refractivity contribution is 6.02. The van der Waals surface area contributed by atoms with Crippen LogP contribution in [0.2, 0.25) is 0 Å². The summed E-state index contributed by atoms with van der Waals surface area (Å²) in [5, 5.41) is 14.0. The molecule has 4 rings (SSSR count). The SMILES string of the molecule is Cn1nc(C2CCC(=O)NC2=O)c2ccc(NC3CCN(C(=O)CNC(=O)OC(C)(C)C)CC3)cc21. The Balaban J connectivity index is 1.32. The Kier molecular flexibility index (Phi) is 7.18. The summed E-state index contributed by atoms with van der Waals surface area (Å²) in [7, 11) is 1.84. The number of imide groups is 1. The van der Waals surface area contributed by atoms with Crippen molar-refractivity contribution in [1.82, 2.24) is 25.3 Å². The zero-order valence-corrected chi connectivity index (χ0v) is 21.2. The molecule has 2 aliphatic rings. The minimum atomic E-state index is -0.609. The van der Waals surface area contributed by atoms with Crippen molar-refractivity contribution in [2.45, 2.75) is 64.0 Å². The van der Waals surface area contributed by atoms with Crippen LogP contribution in [0.3, 0.4) is 0 Å². The number of carbonyl (C=O) groups excluding carboxylic acids is 4. The molecule has 11 heteroatoms. The standard InChI is InChI=1S/C25H34N6O5/c1-25(2,3)36-24(35)26-14-21(33)31-11-9-15(10-12-31)27-16-5-6-17-19(13-16)30(4)29-22(17)18-7-8-20(32)28-23(18)34/h5-6,13,15,18,27H,7-12,14H2,1-4H3,(H,26,35)(H,28,32,34). The molecule has 0 radical (unpaired) electrons. The monoisotopic (exact) mass is 498 g/mol. The van der Waals surface area contributed by atoms with E-state index < -0.39 is 17.6 Å². The zero-order valence-electron chi connectivity index (χ0n) is 21.2. The van der Waals surface area contributed by atoms with Gasteiger partial charge in [-0.25, -0.2) is 4.79 Å². The summed E-state index contributed by atoms with van der Waals surface area (Å²) < 4.78 is 6.94. The van der Waals surface area contributed by atoms with E-state index in [1.54, 1.807) is 30.4 Å². The molecule has 3 heterocycles. The minimum absolute atomic E-state index is 0.0837. The number of carbonyl (C=O) groups is 4. The Morgan fingerprint density at radius 3 is 2.56 bits per heavy atom. The second-order valence-corrected chi connectivity index (χ2v) is 10.4. The van der Waals surface area contributed by atoms with Gasteiger partial charge >= 0.3 is 6.09 Å². The highest BCUT2D eigenvalue weighted by Gasteiger charge is 2.31. The predicted molar refractivity (Wildman–Crippen MR) is 133 cm³/mol. The number of alkyl carbamates (subject to hydrolysis) is 1. The fraction of sp³-hybridized carbons (Fsp3) is 0.560. The quantitative estimate of drug-likeness (QED) is 0.537. The van der Waals surface area contributed by atoms with Crippen LogP contribution in [-0.4, -0.2) is 69.8 Å². The minimum Gasteiger partial charge on any atom is -0.444 e. The zero-order chi connectivity index (χ0) is 26.0. The van der Waals surface area contributed by atoms with E-state index in [4.69, 9.17) is 4.74 Å². The number of aromatic nitrogens is 2. The number of nitrogens with zero attached hydrogens (tertiary/aromatic N) is 3. The van der Waals surface area contributed by atoms with Gasteiger partial charge in [0.05, 0.1) is 17.1 Å². The third kappa shape index (κ3) is 5.95. The second-order valence-electron chi connectivity index (χ2n) is 10.4. The first kappa shape index (κ1) is 25.5. The van der Waals surface area contributed by atoms with Gasteiger partial charge in [-0.2, -0.15) is 5.10 Å². The van der Waals surface area contributed by atoms with Crippen molar-refractivity contribution >= 4 is 40.4 Å². The summed E-state index contributed by atoms with van der Waals surface area (Å²) in [4.78, 5) is 49.9. The first-order valence-corrected chi connectivity index (χ1v) is 12.3. The number of likely N-dealkylation sites (tertiary alicyclic amines) is 1. The number of nitrogens with one attached hydrogen (secondary N) is 3. The van der Waals surface area contributed by atoms with E-state index in [9.17, 15) is 19.2 Å². The number of anilines is 1. The van der Waals surface area contributed by atoms with Crippen molar-refractivity contribution in [3.05, 3.63) is 23.9 Å². The molecule has 3 N–H and O–H groups in total. The molecule has 36 heavy (non-hydrogen) atoms. The van der Waals surface area contributed by atoms with Crippen molar-refractivity contribution in [2.24, 2.45) is 7.05 Å². The molecule has 4 amide bonds. The largest absolute Gasteiger partial charge is 0.444 e. The molecule has 1 aromatic carbocycles. The van der Waals surface area contributed by atoms with Gasteiger partial charge in [0, 0.05) is 43.7 Å². The molecular formula is C25H34N6O5. The average molecular weight is 499 g/mol. The Morgan fingerprint density at radius 2 is 1.89 bits per heavy atom. The molecule has 2 aromatic rings. The first-order valence-electron chi connectivity index (χ1n) is 12.3. The molecule has 1 unspecified atom stereocenters. The summed E-state index contributed by atoms with van der Waals surface area (Å²) >= 11 is 0. The average Bonchev–Trinajstić information content (AvgIpc) is 3.12. The summed E-state index contributed by atoms with van der Waals surface area (Å²) in [6.45, 7) is 6.43. The van der Waals surface area contributed by atoms with Crippen molar-refractivity contribution in [2.75, 3.05) is 25.0 Å². The lowest BCUT2D eigenvalue weighted by Crippen LogP contribution is -2.47. The normalized spacial score (nSPS) is 19.2. The fourth-order valence-corrected chi connectivity index (χ4v) is 4.67. The van der Waals surface area contributed by atoms with E-state index in [2.05, 4.69) is 21.0 Å². The molecule has 2 fully saturated rings. The van der Waals surface area contributed by atoms with Crippen molar-refractivity contribution < 1.29 is 23.9 Å². The molecule has 194 valence electrons. The summed E-state index contributed by atoms with van der Waals surface area (Å²) in [5.41, 5.74) is 1.93. The van der Waals surface area contributed by atoms with Crippen molar-refractivity contribution in [1.29, 1.82) is 0 Å². The third-order valence-corrected chi connectivity index (χ3v) is 6.45. The highest BCUT2D eigenvalue weighted by Crippen LogP contribution is 2.32. The molecule has 11 nitrogen and oxygen atoms in total. The van der Waals surface area contributed by atoms with E-state index in [0.717, 1.165) is 29.4 Å². The molecule has 0 spiro atoms. The van der Waals surface area contributed by atoms with Gasteiger partial charge in [0.1, 0.15) is 12.1 Å². The lowest BCUT2D eigenvalue weighted by molar-refractivity contribution is -0.134. The summed E-state index contributed by atoms with van der Waals surface area (Å²) in [6.07, 6.45) is 1.73. The molecule has 0 bridgehead atoms. The molecule has 0 aliphatic carbocycles. The van der Waals surface area contributed by atoms with Crippen molar-refractivity contribution in [3.8, 4) is 0 Å². The van der Waals surface area contributed by atoms with E-state index in [0.29, 0.717) is 31.6 Å². The van der Waals surface area contributed by atoms with Gasteiger partial charge in [-0.05, 0) is 58.2 Å². The Bertz CT molecular complexity index is 1180. The van der Waals surface area contributed by atoms with Gasteiger partial charge in [-0.15, -0.1) is 0 Å². The van der Waals surface area contributed by atoms with Gasteiger partial charge in [0.2, 0.25) is 17.7 Å². The number of rotatable bonds is 5. The topological polar surface area (TPSA) is 135 Å². The lowest BCUT2D eigenvalue weighted by atomic mass is 9.93. The second kappa shape index (κ2) is 10.2. The summed E-state index contributed by atoms with van der Waals surface area (Å²) in [6, 6.07) is 6.15. The fourth-order valence-electron chi connectivity index (χ4n) is 4.67. The van der Waals surface area contributed by atoms with Gasteiger partial charge in [0.15, 0.2) is 0 Å². The van der Waals surface area contributed by atoms with Crippen LogP contribution in [0.4, 0.5) is 10.5 Å². The van der Waals surface area contributed by atoms with Crippen LogP contribution < -0.4 is 16.0 Å². The van der Waals surface area contributed by atoms with Crippen LogP contribution in [0.25, 0.3) is 10.9 Å². The third-order valence-electron chi connectivity index (χ3n) is 6.45. The molecule has 2 aliphatic heterocycles. The molecule has 1 atom stereocenters. The maximum atomic E-state index is 12.5. The van der Waals surface area contributed by atoms with Crippen LogP contribution in [0.15, 0.2) is 18.2 Å². The lowest BCUT2D eigenvalue weighted by Gasteiger charge is -2.33. The van der Waals surface area contributed by atoms with Gasteiger partial charge in [-0.1, -0.05) is 0 Å². The molecular weight excluding hydrogens is 464 g/mol. The smallest absolute Gasteiger partial charge is 0.408 e. The van der Waals surface area contributed by atoms with E-state index in [-0.39, 0.29) is 30.3 Å². The van der Waals surface area contributed by atoms with Gasteiger partial charge in [-0.3, -0.25) is 24.4 Å². The number of benzene rings is 1. The van der Waals surface area contributed by atoms with Crippen LogP contribution >= 0.6 is 0 Å². The molecule has 1 aromatic heterocycles. The number of amides is 4. The van der Waals surface area contributed by atoms with E-state index in [1.807, 2.05) is 25.2 Å². The van der Waals surface area contributed by atoms with Crippen molar-refractivity contribution in [3.63, 3.8) is 0 Å². The predicted octanol–water partition coefficient (Wildman–Crippen LogP) is 2.02. The number of hydrogen-bond donors (Lipinski definition) is 3. The Hall–Kier alpha value is -3.63. The van der Waals surface area contributed by atoms with Crippen LogP contribution in [-0.2, 0) is 26.2 Å². The number of hydrogen-bond acceptors (Lipinski definition) is 7. The molecule has 2 saturated heterocycles. The van der Waals surface area contributed by atoms with E-state index in [1.165, 1.54) is 0 Å². The summed E-state index contributed by atoms with van der Waals surface area (Å²) in [5.74, 6) is -1.10. The van der Waals surface area contributed by atoms with Crippen LogP contribution in [0.5, 0.6) is 0 Å². The highest BCUT2D eigenvalue weighted by atomic mass is 16.6. The number of ether oxygens (including phenoxy) is 1. The first-order chi connectivity index (χ1) is 17.0. The van der Waals surface area contributed by atoms with Crippen LogP contribution in [0, 0.1) is 0 Å². The number of aryl methyl sites for hydroxylation is 1. The number of piperidine rings is 2. The Morgan fingerprint density at radius 1 is 1.17 bits per heavy atom. The van der Waals surface area contributed by atoms with Crippen LogP contribution in [0.1, 0.15) is 58.1 Å². The number of fused-ring (bicyclic) bond motifs is 1. The Labute approximate surface area is 209 Å². The molecule has 0 saturated carbocycles. The maximum Gasteiger partial charge on any atom is 0.408 e. The van der Waals surface area contributed by atoms with Gasteiger partial charge < -0.3 is 20.3 Å². The van der Waals surface area contributed by atoms with Gasteiger partial charge in [0.25, 0.3) is 0 Å². The van der Waals surface area contributed by atoms with E-state index >= 15 is 0 Å².